The molecule has 0 aliphatic rings. The van der Waals surface area contributed by atoms with Gasteiger partial charge < -0.3 is 20.8 Å². The predicted octanol–water partition coefficient (Wildman–Crippen LogP) is 3.43. The molecule has 1 amide bonds. The highest BCUT2D eigenvalue weighted by Gasteiger charge is 2.20. The Labute approximate surface area is 188 Å². The number of nitrogen functional groups attached to an aromatic ring is 1. The summed E-state index contributed by atoms with van der Waals surface area (Å²) in [6.45, 7) is 2.40. The number of carbonyl (C=O) groups is 1. The first-order valence-corrected chi connectivity index (χ1v) is 10.4. The molecule has 0 atom stereocenters. The summed E-state index contributed by atoms with van der Waals surface area (Å²) in [7, 11) is 0. The molecule has 0 radical (unpaired) electrons. The van der Waals surface area contributed by atoms with Crippen molar-refractivity contribution in [3.8, 4) is 17.0 Å². The Morgan fingerprint density at radius 1 is 1.18 bits per heavy atom. The van der Waals surface area contributed by atoms with Gasteiger partial charge in [-0.2, -0.15) is 0 Å². The average Bonchev–Trinajstić information content (AvgIpc) is 2.82. The number of halogens is 1. The van der Waals surface area contributed by atoms with E-state index in [1.54, 1.807) is 48.7 Å². The number of rotatable bonds is 7. The summed E-state index contributed by atoms with van der Waals surface area (Å²) in [5.74, 6) is -0.707. The summed E-state index contributed by atoms with van der Waals surface area (Å²) in [5, 5.41) is 3.10. The van der Waals surface area contributed by atoms with Gasteiger partial charge in [-0.05, 0) is 18.6 Å². The molecular weight excluding hydrogens is 425 g/mol. The van der Waals surface area contributed by atoms with Crippen molar-refractivity contribution in [1.29, 1.82) is 0 Å². The van der Waals surface area contributed by atoms with E-state index in [4.69, 9.17) is 10.5 Å². The molecule has 0 aliphatic carbocycles. The Morgan fingerprint density at radius 2 is 2.03 bits per heavy atom. The van der Waals surface area contributed by atoms with Gasteiger partial charge in [-0.3, -0.25) is 14.6 Å². The summed E-state index contributed by atoms with van der Waals surface area (Å²) in [6, 6.07) is 11.8. The van der Waals surface area contributed by atoms with Crippen molar-refractivity contribution in [3.63, 3.8) is 0 Å². The number of carbonyl (C=O) groups excluding carboxylic acids is 1. The van der Waals surface area contributed by atoms with E-state index in [2.05, 4.69) is 20.3 Å². The molecule has 3 aromatic heterocycles. The number of aromatic nitrogens is 3. The van der Waals surface area contributed by atoms with Crippen LogP contribution in [0, 0.1) is 5.82 Å². The Morgan fingerprint density at radius 3 is 2.79 bits per heavy atom. The molecule has 0 bridgehead atoms. The van der Waals surface area contributed by atoms with Crippen LogP contribution >= 0.6 is 0 Å². The van der Waals surface area contributed by atoms with Gasteiger partial charge in [0.2, 0.25) is 5.88 Å². The van der Waals surface area contributed by atoms with Gasteiger partial charge in [0.05, 0.1) is 23.1 Å². The lowest BCUT2D eigenvalue weighted by atomic mass is 9.99. The Bertz CT molecular complexity index is 1370. The van der Waals surface area contributed by atoms with E-state index in [0.717, 1.165) is 12.6 Å². The quantitative estimate of drug-likeness (QED) is 0.399. The predicted molar refractivity (Wildman–Crippen MR) is 123 cm³/mol. The van der Waals surface area contributed by atoms with E-state index in [1.807, 2.05) is 6.92 Å². The van der Waals surface area contributed by atoms with Gasteiger partial charge >= 0.3 is 0 Å². The average molecular weight is 447 g/mol. The second kappa shape index (κ2) is 9.47. The van der Waals surface area contributed by atoms with Crippen molar-refractivity contribution < 1.29 is 13.9 Å². The monoisotopic (exact) mass is 447 g/mol. The van der Waals surface area contributed by atoms with Gasteiger partial charge in [-0.15, -0.1) is 0 Å². The van der Waals surface area contributed by atoms with Crippen molar-refractivity contribution >= 4 is 22.5 Å². The zero-order valence-electron chi connectivity index (χ0n) is 17.9. The van der Waals surface area contributed by atoms with Gasteiger partial charge in [0.25, 0.3) is 11.5 Å². The van der Waals surface area contributed by atoms with Gasteiger partial charge in [0, 0.05) is 35.3 Å². The third-order valence-corrected chi connectivity index (χ3v) is 5.06. The number of para-hydroxylation sites is 1. The molecule has 8 nitrogen and oxygen atoms in total. The number of nitrogens with zero attached hydrogens (tertiary/aromatic N) is 2. The fraction of sp³-hybridized carbons (Fsp3) is 0.167. The molecule has 0 saturated carbocycles. The summed E-state index contributed by atoms with van der Waals surface area (Å²) in [4.78, 5) is 36.0. The van der Waals surface area contributed by atoms with Crippen LogP contribution < -0.4 is 21.3 Å². The number of amides is 1. The summed E-state index contributed by atoms with van der Waals surface area (Å²) in [5.41, 5.74) is 6.87. The number of ether oxygens (including phenoxy) is 1. The lowest BCUT2D eigenvalue weighted by Crippen LogP contribution is -2.31. The van der Waals surface area contributed by atoms with Crippen LogP contribution in [0.25, 0.3) is 22.0 Å². The zero-order valence-corrected chi connectivity index (χ0v) is 17.9. The van der Waals surface area contributed by atoms with E-state index >= 15 is 0 Å². The maximum atomic E-state index is 14.8. The molecule has 4 N–H and O–H groups in total. The number of hydrogen-bond acceptors (Lipinski definition) is 6. The standard InChI is InChI=1S/C24H22FN5O3/c1-2-9-28-23(31)20-21(26)16-7-5-6-15(22(16)30-24(20)32)17-11-14(29-12-18(17)25)13-33-19-8-3-4-10-27-19/h3-8,10-12H,2,9,13H2,1H3,(H,28,31)(H3,26,30,32). The van der Waals surface area contributed by atoms with E-state index in [0.29, 0.717) is 34.6 Å². The Hall–Kier alpha value is -4.27. The molecule has 4 rings (SSSR count). The normalized spacial score (nSPS) is 10.8. The van der Waals surface area contributed by atoms with Crippen LogP contribution in [-0.2, 0) is 6.61 Å². The lowest BCUT2D eigenvalue weighted by Gasteiger charge is -2.13. The van der Waals surface area contributed by atoms with E-state index in [-0.39, 0.29) is 23.4 Å². The van der Waals surface area contributed by atoms with Crippen molar-refractivity contribution in [2.75, 3.05) is 12.3 Å². The Balaban J connectivity index is 1.75. The highest BCUT2D eigenvalue weighted by atomic mass is 19.1. The number of anilines is 1. The molecule has 0 saturated heterocycles. The zero-order chi connectivity index (χ0) is 23.4. The van der Waals surface area contributed by atoms with Crippen LogP contribution in [0.1, 0.15) is 29.4 Å². The molecule has 1 aromatic carbocycles. The molecule has 33 heavy (non-hydrogen) atoms. The van der Waals surface area contributed by atoms with Crippen LogP contribution in [0.4, 0.5) is 10.1 Å². The first kappa shape index (κ1) is 21.9. The van der Waals surface area contributed by atoms with Crippen LogP contribution in [0.3, 0.4) is 0 Å². The van der Waals surface area contributed by atoms with Gasteiger partial charge in [0.1, 0.15) is 18.0 Å². The van der Waals surface area contributed by atoms with Crippen LogP contribution in [0.15, 0.2) is 59.7 Å². The van der Waals surface area contributed by atoms with Crippen molar-refractivity contribution in [1.82, 2.24) is 20.3 Å². The molecule has 3 heterocycles. The molecule has 0 spiro atoms. The number of nitrogens with two attached hydrogens (primary N) is 1. The van der Waals surface area contributed by atoms with E-state index in [9.17, 15) is 14.0 Å². The molecule has 0 aliphatic heterocycles. The SMILES string of the molecule is CCCNC(=O)c1c(N)c2cccc(-c3cc(COc4ccccn4)ncc3F)c2[nH]c1=O. The van der Waals surface area contributed by atoms with Crippen LogP contribution in [0.5, 0.6) is 5.88 Å². The van der Waals surface area contributed by atoms with Gasteiger partial charge in [-0.25, -0.2) is 9.37 Å². The highest BCUT2D eigenvalue weighted by Crippen LogP contribution is 2.32. The highest BCUT2D eigenvalue weighted by molar-refractivity contribution is 6.08. The topological polar surface area (TPSA) is 123 Å². The number of nitrogens with one attached hydrogen (secondary N) is 2. The maximum absolute atomic E-state index is 14.8. The molecular formula is C24H22FN5O3. The minimum Gasteiger partial charge on any atom is -0.471 e. The Kier molecular flexibility index (Phi) is 6.30. The number of H-pyrrole nitrogens is 1. The second-order valence-corrected chi connectivity index (χ2v) is 7.34. The van der Waals surface area contributed by atoms with Crippen molar-refractivity contribution in [2.24, 2.45) is 0 Å². The molecule has 168 valence electrons. The molecule has 0 fully saturated rings. The summed E-state index contributed by atoms with van der Waals surface area (Å²) in [6.07, 6.45) is 3.42. The molecule has 0 unspecified atom stereocenters. The summed E-state index contributed by atoms with van der Waals surface area (Å²) < 4.78 is 20.4. The lowest BCUT2D eigenvalue weighted by molar-refractivity contribution is 0.0953. The van der Waals surface area contributed by atoms with Crippen LogP contribution in [0.2, 0.25) is 0 Å². The van der Waals surface area contributed by atoms with Gasteiger partial charge in [0.15, 0.2) is 0 Å². The number of aromatic amines is 1. The first-order chi connectivity index (χ1) is 16.0. The molecule has 9 heteroatoms. The fourth-order valence-electron chi connectivity index (χ4n) is 3.47. The third kappa shape index (κ3) is 4.52. The number of pyridine rings is 3. The maximum Gasteiger partial charge on any atom is 0.263 e. The third-order valence-electron chi connectivity index (χ3n) is 5.06. The van der Waals surface area contributed by atoms with E-state index < -0.39 is 17.3 Å². The van der Waals surface area contributed by atoms with Crippen LogP contribution in [-0.4, -0.2) is 27.4 Å². The van der Waals surface area contributed by atoms with Crippen molar-refractivity contribution in [3.05, 3.63) is 82.3 Å². The summed E-state index contributed by atoms with van der Waals surface area (Å²) >= 11 is 0. The number of fused-ring (bicyclic) bond motifs is 1. The number of hydrogen-bond donors (Lipinski definition) is 3. The smallest absolute Gasteiger partial charge is 0.263 e. The second-order valence-electron chi connectivity index (χ2n) is 7.34. The minimum absolute atomic E-state index is 0.0392. The minimum atomic E-state index is -0.644. The van der Waals surface area contributed by atoms with Crippen molar-refractivity contribution in [2.45, 2.75) is 20.0 Å². The van der Waals surface area contributed by atoms with E-state index in [1.165, 1.54) is 0 Å². The van der Waals surface area contributed by atoms with Gasteiger partial charge in [-0.1, -0.05) is 31.2 Å². The molecule has 4 aromatic rings. The fourth-order valence-corrected chi connectivity index (χ4v) is 3.47. The number of benzene rings is 1. The largest absolute Gasteiger partial charge is 0.471 e. The first-order valence-electron chi connectivity index (χ1n) is 10.4.